The van der Waals surface area contributed by atoms with E-state index in [1.165, 1.54) is 6.26 Å². The molecule has 3 heterocycles. The van der Waals surface area contributed by atoms with Gasteiger partial charge in [-0.15, -0.1) is 0 Å². The van der Waals surface area contributed by atoms with E-state index in [9.17, 15) is 9.59 Å². The van der Waals surface area contributed by atoms with Gasteiger partial charge < -0.3 is 14.6 Å². The van der Waals surface area contributed by atoms with Crippen LogP contribution in [0.4, 0.5) is 0 Å². The van der Waals surface area contributed by atoms with Gasteiger partial charge >= 0.3 is 0 Å². The Morgan fingerprint density at radius 2 is 1.76 bits per heavy atom. The van der Waals surface area contributed by atoms with Crippen LogP contribution in [0.15, 0.2) is 89.7 Å². The highest BCUT2D eigenvalue weighted by Crippen LogP contribution is 2.24. The third kappa shape index (κ3) is 4.64. The first-order valence-corrected chi connectivity index (χ1v) is 11.5. The van der Waals surface area contributed by atoms with Gasteiger partial charge in [0.05, 0.1) is 18.5 Å². The van der Waals surface area contributed by atoms with Gasteiger partial charge in [0, 0.05) is 30.4 Å². The number of likely N-dealkylation sites (tertiary alicyclic amines) is 1. The number of benzene rings is 2. The molecular weight excluding hydrogens is 428 g/mol. The van der Waals surface area contributed by atoms with Crippen LogP contribution in [0.25, 0.3) is 11.3 Å². The predicted molar refractivity (Wildman–Crippen MR) is 128 cm³/mol. The van der Waals surface area contributed by atoms with Gasteiger partial charge in [-0.05, 0) is 30.5 Å². The summed E-state index contributed by atoms with van der Waals surface area (Å²) >= 11 is 0. The van der Waals surface area contributed by atoms with Crippen molar-refractivity contribution in [1.29, 1.82) is 0 Å². The van der Waals surface area contributed by atoms with Crippen LogP contribution >= 0.6 is 0 Å². The lowest BCUT2D eigenvalue weighted by Gasteiger charge is -2.23. The molecular formula is C27H26N4O3. The van der Waals surface area contributed by atoms with Crippen molar-refractivity contribution in [2.24, 2.45) is 0 Å². The maximum atomic E-state index is 13.1. The summed E-state index contributed by atoms with van der Waals surface area (Å²) in [5.74, 6) is -0.149. The average Bonchev–Trinajstić information content (AvgIpc) is 3.64. The number of carbonyl (C=O) groups is 2. The van der Waals surface area contributed by atoms with Gasteiger partial charge in [-0.25, -0.2) is 0 Å². The summed E-state index contributed by atoms with van der Waals surface area (Å²) in [6, 6.07) is 22.9. The Morgan fingerprint density at radius 3 is 2.50 bits per heavy atom. The highest BCUT2D eigenvalue weighted by Gasteiger charge is 2.35. The third-order valence-corrected chi connectivity index (χ3v) is 6.07. The van der Waals surface area contributed by atoms with E-state index >= 15 is 0 Å². The number of carbonyl (C=O) groups excluding carboxylic acids is 2. The summed E-state index contributed by atoms with van der Waals surface area (Å²) in [5.41, 5.74) is 3.91. The molecule has 2 aromatic heterocycles. The molecule has 2 amide bonds. The summed E-state index contributed by atoms with van der Waals surface area (Å²) in [7, 11) is 0. The highest BCUT2D eigenvalue weighted by molar-refractivity contribution is 5.96. The van der Waals surface area contributed by atoms with E-state index in [0.717, 1.165) is 28.8 Å². The molecule has 0 saturated carbocycles. The van der Waals surface area contributed by atoms with E-state index in [1.54, 1.807) is 17.0 Å². The fourth-order valence-electron chi connectivity index (χ4n) is 4.41. The first kappa shape index (κ1) is 21.7. The van der Waals surface area contributed by atoms with E-state index in [1.807, 2.05) is 59.4 Å². The first-order chi connectivity index (χ1) is 16.7. The Kier molecular flexibility index (Phi) is 6.25. The van der Waals surface area contributed by atoms with E-state index in [-0.39, 0.29) is 17.6 Å². The van der Waals surface area contributed by atoms with Crippen molar-refractivity contribution in [3.8, 4) is 11.3 Å². The minimum Gasteiger partial charge on any atom is -0.459 e. The number of aromatic nitrogens is 2. The molecule has 2 aromatic carbocycles. The van der Waals surface area contributed by atoms with Crippen LogP contribution in [0.5, 0.6) is 0 Å². The SMILES string of the molecule is O=C(NCc1cn(Cc2ccccc2)nc1-c1ccccc1)[C@@H]1CCCN1C(=O)c1ccco1. The van der Waals surface area contributed by atoms with Crippen LogP contribution in [0, 0.1) is 0 Å². The topological polar surface area (TPSA) is 80.4 Å². The molecule has 0 spiro atoms. The monoisotopic (exact) mass is 454 g/mol. The van der Waals surface area contributed by atoms with Gasteiger partial charge in [-0.2, -0.15) is 5.10 Å². The molecule has 0 bridgehead atoms. The Morgan fingerprint density at radius 1 is 1.00 bits per heavy atom. The molecule has 172 valence electrons. The molecule has 1 saturated heterocycles. The number of amides is 2. The average molecular weight is 455 g/mol. The lowest BCUT2D eigenvalue weighted by Crippen LogP contribution is -2.45. The number of hydrogen-bond donors (Lipinski definition) is 1. The lowest BCUT2D eigenvalue weighted by molar-refractivity contribution is -0.125. The summed E-state index contributed by atoms with van der Waals surface area (Å²) < 4.78 is 7.15. The molecule has 1 atom stereocenters. The second-order valence-corrected chi connectivity index (χ2v) is 8.40. The van der Waals surface area contributed by atoms with Gasteiger partial charge in [-0.3, -0.25) is 14.3 Å². The van der Waals surface area contributed by atoms with Crippen molar-refractivity contribution in [3.05, 3.63) is 102 Å². The fourth-order valence-corrected chi connectivity index (χ4v) is 4.41. The second-order valence-electron chi connectivity index (χ2n) is 8.40. The van der Waals surface area contributed by atoms with Crippen molar-refractivity contribution in [2.45, 2.75) is 32.0 Å². The number of furan rings is 1. The zero-order chi connectivity index (χ0) is 23.3. The van der Waals surface area contributed by atoms with Crippen molar-refractivity contribution in [1.82, 2.24) is 20.0 Å². The molecule has 0 aliphatic carbocycles. The van der Waals surface area contributed by atoms with Crippen molar-refractivity contribution >= 4 is 11.8 Å². The van der Waals surface area contributed by atoms with E-state index in [2.05, 4.69) is 17.4 Å². The maximum absolute atomic E-state index is 13.1. The van der Waals surface area contributed by atoms with Crippen molar-refractivity contribution in [3.63, 3.8) is 0 Å². The normalized spacial score (nSPS) is 15.4. The number of nitrogens with zero attached hydrogens (tertiary/aromatic N) is 3. The molecule has 1 fully saturated rings. The zero-order valence-electron chi connectivity index (χ0n) is 18.8. The molecule has 5 rings (SSSR count). The van der Waals surface area contributed by atoms with Crippen LogP contribution in [0.3, 0.4) is 0 Å². The second kappa shape index (κ2) is 9.79. The van der Waals surface area contributed by atoms with Crippen LogP contribution in [-0.2, 0) is 17.9 Å². The number of nitrogens with one attached hydrogen (secondary N) is 1. The molecule has 1 N–H and O–H groups in total. The fraction of sp³-hybridized carbons (Fsp3) is 0.222. The van der Waals surface area contributed by atoms with Gasteiger partial charge in [-0.1, -0.05) is 60.7 Å². The van der Waals surface area contributed by atoms with E-state index < -0.39 is 6.04 Å². The Balaban J connectivity index is 1.33. The van der Waals surface area contributed by atoms with E-state index in [0.29, 0.717) is 26.1 Å². The Hall–Kier alpha value is -4.13. The third-order valence-electron chi connectivity index (χ3n) is 6.07. The molecule has 1 aliphatic heterocycles. The standard InChI is InChI=1S/C27H26N4O3/c32-26(23-13-7-15-31(23)27(33)24-14-8-16-34-24)28-17-22-19-30(18-20-9-3-1-4-10-20)29-25(22)21-11-5-2-6-12-21/h1-6,8-12,14,16,19,23H,7,13,15,17-18H2,(H,28,32)/t23-/m0/s1. The van der Waals surface area contributed by atoms with Crippen molar-refractivity contribution in [2.75, 3.05) is 6.54 Å². The van der Waals surface area contributed by atoms with Gasteiger partial charge in [0.2, 0.25) is 5.91 Å². The van der Waals surface area contributed by atoms with Crippen LogP contribution < -0.4 is 5.32 Å². The number of hydrogen-bond acceptors (Lipinski definition) is 4. The van der Waals surface area contributed by atoms with Gasteiger partial charge in [0.15, 0.2) is 5.76 Å². The Bertz CT molecular complexity index is 1250. The van der Waals surface area contributed by atoms with Crippen LogP contribution in [-0.4, -0.2) is 39.1 Å². The lowest BCUT2D eigenvalue weighted by atomic mass is 10.1. The molecule has 7 heteroatoms. The predicted octanol–water partition coefficient (Wildman–Crippen LogP) is 4.11. The minimum atomic E-state index is -0.503. The zero-order valence-corrected chi connectivity index (χ0v) is 18.8. The largest absolute Gasteiger partial charge is 0.459 e. The molecule has 4 aromatic rings. The van der Waals surface area contributed by atoms with Gasteiger partial charge in [0.25, 0.3) is 5.91 Å². The summed E-state index contributed by atoms with van der Waals surface area (Å²) in [5, 5.41) is 7.86. The first-order valence-electron chi connectivity index (χ1n) is 11.5. The smallest absolute Gasteiger partial charge is 0.290 e. The molecule has 7 nitrogen and oxygen atoms in total. The number of rotatable bonds is 7. The highest BCUT2D eigenvalue weighted by atomic mass is 16.3. The Labute approximate surface area is 198 Å². The van der Waals surface area contributed by atoms with Gasteiger partial charge in [0.1, 0.15) is 6.04 Å². The quantitative estimate of drug-likeness (QED) is 0.456. The molecule has 0 unspecified atom stereocenters. The van der Waals surface area contributed by atoms with Crippen molar-refractivity contribution < 1.29 is 14.0 Å². The van der Waals surface area contributed by atoms with Crippen LogP contribution in [0.2, 0.25) is 0 Å². The minimum absolute atomic E-state index is 0.160. The van der Waals surface area contributed by atoms with Crippen LogP contribution in [0.1, 0.15) is 34.5 Å². The summed E-state index contributed by atoms with van der Waals surface area (Å²) in [4.78, 5) is 27.4. The molecule has 1 aliphatic rings. The maximum Gasteiger partial charge on any atom is 0.290 e. The molecule has 0 radical (unpaired) electrons. The summed E-state index contributed by atoms with van der Waals surface area (Å²) in [6.45, 7) is 1.52. The molecule has 34 heavy (non-hydrogen) atoms. The summed E-state index contributed by atoms with van der Waals surface area (Å²) in [6.07, 6.45) is 4.87. The van der Waals surface area contributed by atoms with E-state index in [4.69, 9.17) is 9.52 Å².